The van der Waals surface area contributed by atoms with Gasteiger partial charge in [-0.2, -0.15) is 0 Å². The fourth-order valence-corrected chi connectivity index (χ4v) is 3.31. The van der Waals surface area contributed by atoms with E-state index in [2.05, 4.69) is 26.8 Å². The van der Waals surface area contributed by atoms with Crippen molar-refractivity contribution in [2.75, 3.05) is 12.3 Å². The molecule has 3 heterocycles. The van der Waals surface area contributed by atoms with Gasteiger partial charge in [0, 0.05) is 0 Å². The molecule has 23 heavy (non-hydrogen) atoms. The lowest BCUT2D eigenvalue weighted by Gasteiger charge is -2.39. The molecule has 0 unspecified atom stereocenters. The first-order valence-corrected chi connectivity index (χ1v) is 9.03. The maximum atomic E-state index is 11.3. The second kappa shape index (κ2) is 6.00. The molecule has 0 saturated carbocycles. The van der Waals surface area contributed by atoms with Gasteiger partial charge in [-0.05, 0) is 0 Å². The zero-order valence-corrected chi connectivity index (χ0v) is 13.3. The molecule has 3 rings (SSSR count). The monoisotopic (exact) mass is 360 g/mol. The Balaban J connectivity index is 2.04. The summed E-state index contributed by atoms with van der Waals surface area (Å²) in [7, 11) is 0. The van der Waals surface area contributed by atoms with Crippen molar-refractivity contribution in [2.45, 2.75) is 24.5 Å². The quantitative estimate of drug-likeness (QED) is 0.471. The number of aliphatic hydroxyl groups excluding tert-OH is 1. The number of hydrogen-bond donors (Lipinski definition) is 3. The summed E-state index contributed by atoms with van der Waals surface area (Å²) in [6, 6.07) is -0.910. The van der Waals surface area contributed by atoms with Crippen LogP contribution in [0.2, 0.25) is 0 Å². The molecular weight excluding hydrogens is 347 g/mol. The third-order valence-electron chi connectivity index (χ3n) is 3.50. The number of fused-ring (bicyclic) bond motifs is 1. The Morgan fingerprint density at radius 2 is 2.17 bits per heavy atom. The molecule has 0 amide bonds. The predicted molar refractivity (Wildman–Crippen MR) is 77.9 cm³/mol. The number of anilines is 1. The Morgan fingerprint density at radius 1 is 1.43 bits per heavy atom. The van der Waals surface area contributed by atoms with Gasteiger partial charge >= 0.3 is 0 Å². The molecule has 126 valence electrons. The van der Waals surface area contributed by atoms with Crippen LogP contribution in [0.5, 0.6) is 0 Å². The fourth-order valence-electron chi connectivity index (χ4n) is 2.47. The molecule has 0 aromatic carbocycles. The number of imidazole rings is 1. The van der Waals surface area contributed by atoms with Gasteiger partial charge in [0.15, 0.2) is 17.7 Å². The molecule has 0 aliphatic carbocycles. The van der Waals surface area contributed by atoms with Gasteiger partial charge in [0.2, 0.25) is 0 Å². The Bertz CT molecular complexity index is 767. The second-order valence-corrected chi connectivity index (χ2v) is 7.37. The van der Waals surface area contributed by atoms with Gasteiger partial charge in [-0.25, -0.2) is 15.0 Å². The summed E-state index contributed by atoms with van der Waals surface area (Å²) in [5.74, 6) is 0.157. The topological polar surface area (TPSA) is 180 Å². The fraction of sp³-hybridized carbons (Fsp3) is 0.500. The number of nitrogen functional groups attached to an aromatic ring is 1. The average Bonchev–Trinajstić information content (AvgIpc) is 3.01. The first-order valence-electron chi connectivity index (χ1n) is 6.47. The smallest absolute Gasteiger partial charge is 0.167 e. The number of aromatic nitrogens is 4. The van der Waals surface area contributed by atoms with Crippen molar-refractivity contribution in [1.82, 2.24) is 19.5 Å². The zero-order valence-electron chi connectivity index (χ0n) is 11.6. The van der Waals surface area contributed by atoms with Gasteiger partial charge in [-0.1, -0.05) is 6.72 Å². The van der Waals surface area contributed by atoms with E-state index in [1.54, 1.807) is 0 Å². The molecule has 1 aliphatic rings. The number of aliphatic hydroxyl groups is 1. The van der Waals surface area contributed by atoms with Crippen LogP contribution in [-0.2, 0) is 21.1 Å². The van der Waals surface area contributed by atoms with E-state index < -0.39 is 37.8 Å². The van der Waals surface area contributed by atoms with Crippen LogP contribution >= 0.6 is 6.72 Å². The van der Waals surface area contributed by atoms with Crippen LogP contribution in [0.3, 0.4) is 0 Å². The van der Waals surface area contributed by atoms with Crippen molar-refractivity contribution < 1.29 is 24.2 Å². The van der Waals surface area contributed by atoms with Gasteiger partial charge in [0.05, 0.1) is 19.0 Å². The SMILES string of the molecule is Nc1ncnc2c1ncn2[C@@H]1O[C@H](CO)[C@@H](N)[C@H]1OP([O-])([O-])=S. The lowest BCUT2D eigenvalue weighted by Crippen LogP contribution is -2.43. The van der Waals surface area contributed by atoms with E-state index in [4.69, 9.17) is 20.7 Å². The Kier molecular flexibility index (Phi) is 4.33. The summed E-state index contributed by atoms with van der Waals surface area (Å²) in [6.45, 7) is -4.91. The normalized spacial score (nSPS) is 28.5. The van der Waals surface area contributed by atoms with Gasteiger partial charge in [-0.15, -0.1) is 11.8 Å². The predicted octanol–water partition coefficient (Wildman–Crippen LogP) is -3.04. The van der Waals surface area contributed by atoms with E-state index in [1.165, 1.54) is 17.2 Å². The van der Waals surface area contributed by atoms with E-state index >= 15 is 0 Å². The van der Waals surface area contributed by atoms with E-state index in [0.717, 1.165) is 0 Å². The molecule has 2 aromatic heterocycles. The summed E-state index contributed by atoms with van der Waals surface area (Å²) in [4.78, 5) is 34.6. The minimum Gasteiger partial charge on any atom is -0.812 e. The number of rotatable bonds is 4. The van der Waals surface area contributed by atoms with Crippen LogP contribution in [0.15, 0.2) is 12.7 Å². The molecule has 2 aromatic rings. The van der Waals surface area contributed by atoms with Gasteiger partial charge in [-0.3, -0.25) is 4.57 Å². The van der Waals surface area contributed by atoms with Crippen molar-refractivity contribution in [3.05, 3.63) is 12.7 Å². The van der Waals surface area contributed by atoms with Crippen LogP contribution in [0.25, 0.3) is 11.2 Å². The molecule has 4 atom stereocenters. The highest BCUT2D eigenvalue weighted by Gasteiger charge is 2.44. The maximum Gasteiger partial charge on any atom is 0.167 e. The maximum absolute atomic E-state index is 11.3. The lowest BCUT2D eigenvalue weighted by molar-refractivity contribution is -0.326. The molecule has 13 heteroatoms. The first-order chi connectivity index (χ1) is 10.8. The number of ether oxygens (including phenoxy) is 1. The van der Waals surface area contributed by atoms with Crippen molar-refractivity contribution >= 4 is 35.5 Å². The van der Waals surface area contributed by atoms with E-state index in [9.17, 15) is 14.9 Å². The van der Waals surface area contributed by atoms with Gasteiger partial charge in [0.25, 0.3) is 0 Å². The highest BCUT2D eigenvalue weighted by molar-refractivity contribution is 8.05. The zero-order chi connectivity index (χ0) is 16.8. The van der Waals surface area contributed by atoms with Gasteiger partial charge in [0.1, 0.15) is 24.1 Å². The summed E-state index contributed by atoms with van der Waals surface area (Å²) in [5, 5.41) is 9.32. The second-order valence-electron chi connectivity index (χ2n) is 4.93. The van der Waals surface area contributed by atoms with Crippen LogP contribution < -0.4 is 21.3 Å². The first kappa shape index (κ1) is 16.6. The average molecular weight is 360 g/mol. The molecule has 1 aliphatic heterocycles. The van der Waals surface area contributed by atoms with Crippen LogP contribution in [0.4, 0.5) is 5.82 Å². The van der Waals surface area contributed by atoms with E-state index in [0.29, 0.717) is 11.2 Å². The minimum absolute atomic E-state index is 0.157. The Morgan fingerprint density at radius 3 is 2.83 bits per heavy atom. The molecule has 0 spiro atoms. The molecule has 0 radical (unpaired) electrons. The molecule has 0 bridgehead atoms. The van der Waals surface area contributed by atoms with E-state index in [-0.39, 0.29) is 5.82 Å². The molecular formula is C10H13N6O5PS-2. The highest BCUT2D eigenvalue weighted by atomic mass is 32.5. The van der Waals surface area contributed by atoms with Gasteiger partial charge < -0.3 is 35.6 Å². The number of nitrogens with zero attached hydrogens (tertiary/aromatic N) is 4. The number of nitrogens with two attached hydrogens (primary N) is 2. The Hall–Kier alpha value is -1.24. The summed E-state index contributed by atoms with van der Waals surface area (Å²) < 4.78 is 11.9. The highest BCUT2D eigenvalue weighted by Crippen LogP contribution is 2.40. The third kappa shape index (κ3) is 3.07. The summed E-state index contributed by atoms with van der Waals surface area (Å²) in [6.07, 6.45) is -0.380. The molecule has 11 nitrogen and oxygen atoms in total. The molecule has 5 N–H and O–H groups in total. The van der Waals surface area contributed by atoms with Crippen LogP contribution in [-0.4, -0.2) is 49.5 Å². The Labute approximate surface area is 135 Å². The largest absolute Gasteiger partial charge is 0.812 e. The number of hydrogen-bond acceptors (Lipinski definition) is 11. The van der Waals surface area contributed by atoms with Crippen molar-refractivity contribution in [3.8, 4) is 0 Å². The summed E-state index contributed by atoms with van der Waals surface area (Å²) >= 11 is 4.28. The standard InChI is InChI=1S/C10H15N6O5PS/c11-5-4(1-17)20-10(7(5)21-22(18,19)23)16-3-15-6-8(12)13-2-14-9(6)16/h2-5,7,10,17H,1,11H2,(H2,12,13,14)(H2,18,19,23)/p-2/t4-,5-,7-,10-/m1/s1. The lowest BCUT2D eigenvalue weighted by atomic mass is 10.1. The third-order valence-corrected chi connectivity index (χ3v) is 4.26. The van der Waals surface area contributed by atoms with Crippen molar-refractivity contribution in [3.63, 3.8) is 0 Å². The van der Waals surface area contributed by atoms with Crippen LogP contribution in [0.1, 0.15) is 6.23 Å². The molecule has 1 saturated heterocycles. The minimum atomic E-state index is -4.50. The van der Waals surface area contributed by atoms with Crippen molar-refractivity contribution in [2.24, 2.45) is 5.73 Å². The van der Waals surface area contributed by atoms with Crippen LogP contribution in [0, 0.1) is 0 Å². The van der Waals surface area contributed by atoms with E-state index in [1.807, 2.05) is 0 Å². The summed E-state index contributed by atoms with van der Waals surface area (Å²) in [5.41, 5.74) is 12.2. The molecule has 1 fully saturated rings. The van der Waals surface area contributed by atoms with Crippen molar-refractivity contribution in [1.29, 1.82) is 0 Å².